The number of hydrogen-bond acceptors (Lipinski definition) is 5. The Morgan fingerprint density at radius 1 is 1.44 bits per heavy atom. The van der Waals surface area contributed by atoms with Crippen LogP contribution < -0.4 is 0 Å². The van der Waals surface area contributed by atoms with Crippen LogP contribution >= 0.6 is 11.8 Å². The molecule has 1 aromatic heterocycles. The molecule has 0 saturated carbocycles. The molecule has 0 N–H and O–H groups in total. The van der Waals surface area contributed by atoms with Crippen LogP contribution in [0.25, 0.3) is 0 Å². The molecule has 0 fully saturated rings. The minimum Gasteiger partial charge on any atom is -0.464 e. The number of nitrogens with zero attached hydrogens (tertiary/aromatic N) is 2. The molecule has 0 aliphatic heterocycles. The van der Waals surface area contributed by atoms with Gasteiger partial charge in [-0.05, 0) is 18.1 Å². The van der Waals surface area contributed by atoms with E-state index in [1.807, 2.05) is 0 Å². The SMILES string of the molecule is COC(=O)c1cnc(SCCC(C)C)cn1. The number of rotatable bonds is 5. The molecule has 0 bridgehead atoms. The molecule has 0 aliphatic rings. The van der Waals surface area contributed by atoms with Crippen molar-refractivity contribution < 1.29 is 9.53 Å². The van der Waals surface area contributed by atoms with Crippen molar-refractivity contribution in [1.29, 1.82) is 0 Å². The third-order valence-corrected chi connectivity index (χ3v) is 2.91. The Morgan fingerprint density at radius 3 is 2.69 bits per heavy atom. The van der Waals surface area contributed by atoms with Crippen molar-refractivity contribution in [2.45, 2.75) is 25.3 Å². The molecule has 4 nitrogen and oxygen atoms in total. The second kappa shape index (κ2) is 6.48. The van der Waals surface area contributed by atoms with Gasteiger partial charge in [-0.1, -0.05) is 13.8 Å². The van der Waals surface area contributed by atoms with Crippen LogP contribution in [0.3, 0.4) is 0 Å². The molecule has 1 aromatic rings. The highest BCUT2D eigenvalue weighted by Gasteiger charge is 2.07. The molecule has 0 unspecified atom stereocenters. The summed E-state index contributed by atoms with van der Waals surface area (Å²) in [6.07, 6.45) is 4.20. The molecule has 88 valence electrons. The van der Waals surface area contributed by atoms with Crippen molar-refractivity contribution in [2.24, 2.45) is 5.92 Å². The predicted octanol–water partition coefficient (Wildman–Crippen LogP) is 2.40. The molecule has 0 aromatic carbocycles. The highest BCUT2D eigenvalue weighted by atomic mass is 32.2. The summed E-state index contributed by atoms with van der Waals surface area (Å²) in [4.78, 5) is 19.2. The average molecular weight is 240 g/mol. The molecular weight excluding hydrogens is 224 g/mol. The standard InChI is InChI=1S/C11H16N2O2S/c1-8(2)4-5-16-10-7-12-9(6-13-10)11(14)15-3/h6-8H,4-5H2,1-3H3. The summed E-state index contributed by atoms with van der Waals surface area (Å²) in [5.74, 6) is 1.25. The first kappa shape index (κ1) is 13.0. The van der Waals surface area contributed by atoms with Gasteiger partial charge in [0, 0.05) is 0 Å². The van der Waals surface area contributed by atoms with Gasteiger partial charge in [-0.15, -0.1) is 11.8 Å². The summed E-state index contributed by atoms with van der Waals surface area (Å²) < 4.78 is 4.54. The maximum Gasteiger partial charge on any atom is 0.358 e. The number of methoxy groups -OCH3 is 1. The van der Waals surface area contributed by atoms with E-state index in [2.05, 4.69) is 28.6 Å². The molecule has 5 heteroatoms. The largest absolute Gasteiger partial charge is 0.464 e. The van der Waals surface area contributed by atoms with Crippen molar-refractivity contribution in [2.75, 3.05) is 12.9 Å². The van der Waals surface area contributed by atoms with Gasteiger partial charge in [-0.3, -0.25) is 0 Å². The zero-order valence-electron chi connectivity index (χ0n) is 9.77. The van der Waals surface area contributed by atoms with E-state index < -0.39 is 5.97 Å². The van der Waals surface area contributed by atoms with E-state index in [4.69, 9.17) is 0 Å². The highest BCUT2D eigenvalue weighted by Crippen LogP contribution is 2.17. The lowest BCUT2D eigenvalue weighted by atomic mass is 10.2. The van der Waals surface area contributed by atoms with Crippen LogP contribution in [0.5, 0.6) is 0 Å². The van der Waals surface area contributed by atoms with Crippen molar-refractivity contribution in [3.8, 4) is 0 Å². The summed E-state index contributed by atoms with van der Waals surface area (Å²) in [6.45, 7) is 4.37. The minimum absolute atomic E-state index is 0.246. The Bertz CT molecular complexity index is 338. The first-order valence-corrected chi connectivity index (χ1v) is 6.15. The van der Waals surface area contributed by atoms with E-state index >= 15 is 0 Å². The van der Waals surface area contributed by atoms with E-state index in [1.54, 1.807) is 18.0 Å². The normalized spacial score (nSPS) is 10.5. The van der Waals surface area contributed by atoms with Crippen LogP contribution in [0.1, 0.15) is 30.8 Å². The number of carbonyl (C=O) groups is 1. The van der Waals surface area contributed by atoms with E-state index in [9.17, 15) is 4.79 Å². The second-order valence-electron chi connectivity index (χ2n) is 3.76. The molecule has 16 heavy (non-hydrogen) atoms. The van der Waals surface area contributed by atoms with Gasteiger partial charge >= 0.3 is 5.97 Å². The summed E-state index contributed by atoms with van der Waals surface area (Å²) in [5.41, 5.74) is 0.246. The zero-order chi connectivity index (χ0) is 12.0. The lowest BCUT2D eigenvalue weighted by molar-refractivity contribution is 0.0593. The summed E-state index contributed by atoms with van der Waals surface area (Å²) in [7, 11) is 1.33. The fourth-order valence-corrected chi connectivity index (χ4v) is 2.05. The Morgan fingerprint density at radius 2 is 2.19 bits per heavy atom. The maximum atomic E-state index is 11.1. The minimum atomic E-state index is -0.453. The molecule has 1 heterocycles. The fourth-order valence-electron chi connectivity index (χ4n) is 1.000. The molecule has 1 rings (SSSR count). The number of hydrogen-bond donors (Lipinski definition) is 0. The lowest BCUT2D eigenvalue weighted by Crippen LogP contribution is -2.04. The van der Waals surface area contributed by atoms with Crippen molar-refractivity contribution >= 4 is 17.7 Å². The van der Waals surface area contributed by atoms with Gasteiger partial charge in [0.15, 0.2) is 5.69 Å². The smallest absolute Gasteiger partial charge is 0.358 e. The van der Waals surface area contributed by atoms with Crippen LogP contribution in [0.4, 0.5) is 0 Å². The van der Waals surface area contributed by atoms with Gasteiger partial charge in [0.05, 0.1) is 19.5 Å². The van der Waals surface area contributed by atoms with E-state index in [-0.39, 0.29) is 5.69 Å². The number of thioether (sulfide) groups is 1. The Hall–Kier alpha value is -1.10. The first-order valence-electron chi connectivity index (χ1n) is 5.16. The molecule has 0 saturated heterocycles. The van der Waals surface area contributed by atoms with Crippen molar-refractivity contribution in [3.05, 3.63) is 18.1 Å². The van der Waals surface area contributed by atoms with Crippen LogP contribution in [-0.4, -0.2) is 28.8 Å². The van der Waals surface area contributed by atoms with Gasteiger partial charge < -0.3 is 4.74 Å². The monoisotopic (exact) mass is 240 g/mol. The second-order valence-corrected chi connectivity index (χ2v) is 4.88. The number of carbonyl (C=O) groups excluding carboxylic acids is 1. The quantitative estimate of drug-likeness (QED) is 0.584. The van der Waals surface area contributed by atoms with E-state index in [0.717, 1.165) is 17.2 Å². The van der Waals surface area contributed by atoms with Gasteiger partial charge in [0.2, 0.25) is 0 Å². The molecule has 0 aliphatic carbocycles. The Labute approximate surface area is 99.8 Å². The zero-order valence-corrected chi connectivity index (χ0v) is 10.6. The molecule has 0 amide bonds. The number of aromatic nitrogens is 2. The average Bonchev–Trinajstić information content (AvgIpc) is 2.28. The molecule has 0 atom stereocenters. The summed E-state index contributed by atoms with van der Waals surface area (Å²) in [6, 6.07) is 0. The third-order valence-electron chi connectivity index (χ3n) is 1.97. The lowest BCUT2D eigenvalue weighted by Gasteiger charge is -2.03. The fraction of sp³-hybridized carbons (Fsp3) is 0.545. The third kappa shape index (κ3) is 4.18. The van der Waals surface area contributed by atoms with Crippen LogP contribution in [-0.2, 0) is 4.74 Å². The van der Waals surface area contributed by atoms with E-state index in [0.29, 0.717) is 5.92 Å². The summed E-state index contributed by atoms with van der Waals surface area (Å²) in [5, 5.41) is 0.841. The topological polar surface area (TPSA) is 52.1 Å². The van der Waals surface area contributed by atoms with Gasteiger partial charge in [0.1, 0.15) is 5.03 Å². The summed E-state index contributed by atoms with van der Waals surface area (Å²) >= 11 is 1.65. The number of ether oxygens (including phenoxy) is 1. The number of esters is 1. The first-order chi connectivity index (χ1) is 7.63. The van der Waals surface area contributed by atoms with Gasteiger partial charge in [-0.25, -0.2) is 14.8 Å². The van der Waals surface area contributed by atoms with Crippen molar-refractivity contribution in [1.82, 2.24) is 9.97 Å². The Balaban J connectivity index is 2.48. The van der Waals surface area contributed by atoms with Gasteiger partial charge in [0.25, 0.3) is 0 Å². The highest BCUT2D eigenvalue weighted by molar-refractivity contribution is 7.99. The molecule has 0 radical (unpaired) electrons. The van der Waals surface area contributed by atoms with Crippen molar-refractivity contribution in [3.63, 3.8) is 0 Å². The van der Waals surface area contributed by atoms with E-state index in [1.165, 1.54) is 13.3 Å². The van der Waals surface area contributed by atoms with Crippen LogP contribution in [0.2, 0.25) is 0 Å². The molecule has 0 spiro atoms. The van der Waals surface area contributed by atoms with Crippen LogP contribution in [0.15, 0.2) is 17.4 Å². The Kier molecular flexibility index (Phi) is 5.25. The molecular formula is C11H16N2O2S. The van der Waals surface area contributed by atoms with Crippen LogP contribution in [0, 0.1) is 5.92 Å². The van der Waals surface area contributed by atoms with Gasteiger partial charge in [-0.2, -0.15) is 0 Å². The predicted molar refractivity (Wildman–Crippen MR) is 63.6 cm³/mol. The maximum absolute atomic E-state index is 11.1.